The van der Waals surface area contributed by atoms with Gasteiger partial charge in [0.2, 0.25) is 5.91 Å². The topological polar surface area (TPSA) is 40.9 Å². The van der Waals surface area contributed by atoms with Gasteiger partial charge in [-0.3, -0.25) is 10.5 Å². The van der Waals surface area contributed by atoms with Crippen LogP contribution in [0.15, 0.2) is 24.3 Å². The van der Waals surface area contributed by atoms with Gasteiger partial charge in [-0.25, -0.2) is 0 Å². The van der Waals surface area contributed by atoms with Gasteiger partial charge in [0.15, 0.2) is 0 Å². The number of nitrogens with one attached hydrogen (secondary N) is 1. The number of aryl methyl sites for hydroxylation is 2. The monoisotopic (exact) mass is 176 g/mol. The third-order valence-electron chi connectivity index (χ3n) is 2.12. The predicted molar refractivity (Wildman–Crippen MR) is 52.2 cm³/mol. The second-order valence-electron chi connectivity index (χ2n) is 3.05. The van der Waals surface area contributed by atoms with Crippen molar-refractivity contribution in [3.05, 3.63) is 35.4 Å². The van der Waals surface area contributed by atoms with E-state index in [1.165, 1.54) is 11.1 Å². The summed E-state index contributed by atoms with van der Waals surface area (Å²) in [6, 6.07) is 8.08. The minimum Gasteiger partial charge on any atom is -0.273 e. The van der Waals surface area contributed by atoms with E-state index in [1.807, 2.05) is 18.2 Å². The third kappa shape index (κ3) is 2.90. The molecular formula is C11H14NO. The van der Waals surface area contributed by atoms with Crippen LogP contribution in [0.25, 0.3) is 0 Å². The number of amides is 1. The number of benzene rings is 1. The number of carbonyl (C=O) groups is 1. The summed E-state index contributed by atoms with van der Waals surface area (Å²) in [6.07, 6.45) is 2.02. The van der Waals surface area contributed by atoms with Gasteiger partial charge in [0.25, 0.3) is 0 Å². The maximum absolute atomic E-state index is 10.5. The van der Waals surface area contributed by atoms with Crippen molar-refractivity contribution in [3.63, 3.8) is 0 Å². The summed E-state index contributed by atoms with van der Waals surface area (Å²) >= 11 is 0. The van der Waals surface area contributed by atoms with E-state index in [0.29, 0.717) is 12.8 Å². The van der Waals surface area contributed by atoms with Crippen molar-refractivity contribution in [1.82, 2.24) is 5.73 Å². The molecule has 0 fully saturated rings. The number of rotatable bonds is 4. The lowest BCUT2D eigenvalue weighted by molar-refractivity contribution is -0.118. The highest BCUT2D eigenvalue weighted by Gasteiger charge is 2.01. The van der Waals surface area contributed by atoms with Gasteiger partial charge >= 0.3 is 0 Å². The second kappa shape index (κ2) is 4.65. The lowest BCUT2D eigenvalue weighted by Gasteiger charge is -2.05. The Morgan fingerprint density at radius 1 is 1.31 bits per heavy atom. The molecule has 13 heavy (non-hydrogen) atoms. The van der Waals surface area contributed by atoms with E-state index in [4.69, 9.17) is 5.73 Å². The number of hydrogen-bond donors (Lipinski definition) is 0. The Labute approximate surface area is 78.8 Å². The molecular weight excluding hydrogens is 162 g/mol. The molecule has 1 rings (SSSR count). The third-order valence-corrected chi connectivity index (χ3v) is 2.12. The fraction of sp³-hybridized carbons (Fsp3) is 0.364. The molecule has 69 valence electrons. The highest BCUT2D eigenvalue weighted by Crippen LogP contribution is 2.11. The Hall–Kier alpha value is -1.31. The molecule has 1 radical (unpaired) electrons. The lowest BCUT2D eigenvalue weighted by atomic mass is 10.0. The van der Waals surface area contributed by atoms with Gasteiger partial charge in [0.05, 0.1) is 0 Å². The van der Waals surface area contributed by atoms with Gasteiger partial charge in [0, 0.05) is 6.42 Å². The molecule has 0 aliphatic heterocycles. The van der Waals surface area contributed by atoms with Crippen LogP contribution >= 0.6 is 0 Å². The smallest absolute Gasteiger partial charge is 0.238 e. The van der Waals surface area contributed by atoms with Gasteiger partial charge in [-0.05, 0) is 24.0 Å². The Morgan fingerprint density at radius 3 is 2.46 bits per heavy atom. The molecule has 1 amide bonds. The standard InChI is InChI=1S/C11H14NO/c1-2-9-5-3-4-6-10(9)7-8-11(12)13/h3-6,12H,2,7-8H2,1H3. The van der Waals surface area contributed by atoms with Gasteiger partial charge in [-0.15, -0.1) is 0 Å². The molecule has 0 atom stereocenters. The highest BCUT2D eigenvalue weighted by atomic mass is 16.1. The Bertz CT molecular complexity index is 294. The van der Waals surface area contributed by atoms with Crippen LogP contribution in [0.1, 0.15) is 24.5 Å². The quantitative estimate of drug-likeness (QED) is 0.691. The first-order valence-corrected chi connectivity index (χ1v) is 4.55. The molecule has 0 saturated carbocycles. The molecule has 0 aliphatic carbocycles. The van der Waals surface area contributed by atoms with Crippen molar-refractivity contribution < 1.29 is 4.79 Å². The maximum Gasteiger partial charge on any atom is 0.238 e. The molecule has 1 aromatic rings. The first-order chi connectivity index (χ1) is 6.24. The summed E-state index contributed by atoms with van der Waals surface area (Å²) in [7, 11) is 0. The van der Waals surface area contributed by atoms with E-state index < -0.39 is 5.91 Å². The van der Waals surface area contributed by atoms with Gasteiger partial charge in [0.1, 0.15) is 0 Å². The number of hydrogen-bond acceptors (Lipinski definition) is 1. The summed E-state index contributed by atoms with van der Waals surface area (Å²) in [5, 5.41) is 0. The molecule has 0 spiro atoms. The maximum atomic E-state index is 10.5. The van der Waals surface area contributed by atoms with Crippen molar-refractivity contribution in [2.45, 2.75) is 26.2 Å². The summed E-state index contributed by atoms with van der Waals surface area (Å²) in [4.78, 5) is 10.5. The minimum absolute atomic E-state index is 0.330. The average molecular weight is 176 g/mol. The zero-order valence-corrected chi connectivity index (χ0v) is 7.84. The largest absolute Gasteiger partial charge is 0.273 e. The van der Waals surface area contributed by atoms with Crippen LogP contribution in [-0.2, 0) is 17.6 Å². The van der Waals surface area contributed by atoms with E-state index in [-0.39, 0.29) is 0 Å². The van der Waals surface area contributed by atoms with Crippen molar-refractivity contribution in [3.8, 4) is 0 Å². The van der Waals surface area contributed by atoms with E-state index in [0.717, 1.165) is 6.42 Å². The zero-order valence-electron chi connectivity index (χ0n) is 7.84. The minimum atomic E-state index is -0.481. The molecule has 0 unspecified atom stereocenters. The Balaban J connectivity index is 2.69. The van der Waals surface area contributed by atoms with E-state index in [9.17, 15) is 4.79 Å². The first kappa shape index (κ1) is 9.78. The SMILES string of the molecule is CCc1ccccc1CCC([NH])=O. The van der Waals surface area contributed by atoms with Crippen molar-refractivity contribution in [2.75, 3.05) is 0 Å². The van der Waals surface area contributed by atoms with E-state index in [1.54, 1.807) is 0 Å². The molecule has 1 N–H and O–H groups in total. The van der Waals surface area contributed by atoms with Crippen LogP contribution < -0.4 is 5.73 Å². The van der Waals surface area contributed by atoms with Crippen molar-refractivity contribution >= 4 is 5.91 Å². The number of carbonyl (C=O) groups excluding carboxylic acids is 1. The predicted octanol–water partition coefficient (Wildman–Crippen LogP) is 1.99. The molecule has 2 nitrogen and oxygen atoms in total. The van der Waals surface area contributed by atoms with Gasteiger partial charge < -0.3 is 0 Å². The molecule has 0 heterocycles. The first-order valence-electron chi connectivity index (χ1n) is 4.55. The molecule has 0 aromatic heterocycles. The van der Waals surface area contributed by atoms with Crippen LogP contribution in [0, 0.1) is 0 Å². The van der Waals surface area contributed by atoms with E-state index >= 15 is 0 Å². The summed E-state index contributed by atoms with van der Waals surface area (Å²) in [5.41, 5.74) is 9.30. The highest BCUT2D eigenvalue weighted by molar-refractivity contribution is 5.73. The summed E-state index contributed by atoms with van der Waals surface area (Å²) < 4.78 is 0. The van der Waals surface area contributed by atoms with Gasteiger partial charge in [-0.2, -0.15) is 0 Å². The van der Waals surface area contributed by atoms with Crippen LogP contribution in [-0.4, -0.2) is 5.91 Å². The molecule has 0 saturated heterocycles. The summed E-state index contributed by atoms with van der Waals surface area (Å²) in [6.45, 7) is 2.10. The Kier molecular flexibility index (Phi) is 3.50. The fourth-order valence-electron chi connectivity index (χ4n) is 1.39. The molecule has 2 heteroatoms. The normalized spacial score (nSPS) is 9.92. The lowest BCUT2D eigenvalue weighted by Crippen LogP contribution is -2.01. The zero-order chi connectivity index (χ0) is 9.68. The summed E-state index contributed by atoms with van der Waals surface area (Å²) in [5.74, 6) is -0.481. The average Bonchev–Trinajstić information content (AvgIpc) is 2.15. The van der Waals surface area contributed by atoms with Crippen LogP contribution in [0.2, 0.25) is 0 Å². The Morgan fingerprint density at radius 2 is 1.92 bits per heavy atom. The molecule has 0 bridgehead atoms. The molecule has 0 aliphatic rings. The molecule has 1 aromatic carbocycles. The van der Waals surface area contributed by atoms with Crippen LogP contribution in [0.5, 0.6) is 0 Å². The van der Waals surface area contributed by atoms with Crippen molar-refractivity contribution in [1.29, 1.82) is 0 Å². The van der Waals surface area contributed by atoms with Crippen LogP contribution in [0.3, 0.4) is 0 Å². The fourth-order valence-corrected chi connectivity index (χ4v) is 1.39. The van der Waals surface area contributed by atoms with E-state index in [2.05, 4.69) is 13.0 Å². The van der Waals surface area contributed by atoms with Crippen molar-refractivity contribution in [2.24, 2.45) is 0 Å². The van der Waals surface area contributed by atoms with Gasteiger partial charge in [-0.1, -0.05) is 31.2 Å². The second-order valence-corrected chi connectivity index (χ2v) is 3.05. The van der Waals surface area contributed by atoms with Crippen LogP contribution in [0.4, 0.5) is 0 Å².